The molecule has 0 saturated carbocycles. The van der Waals surface area contributed by atoms with Crippen LogP contribution >= 0.6 is 0 Å². The summed E-state index contributed by atoms with van der Waals surface area (Å²) in [6.45, 7) is 2.49. The summed E-state index contributed by atoms with van der Waals surface area (Å²) in [7, 11) is 1.65. The Labute approximate surface area is 144 Å². The van der Waals surface area contributed by atoms with E-state index in [1.54, 1.807) is 13.3 Å². The molecule has 2 aromatic heterocycles. The van der Waals surface area contributed by atoms with E-state index in [1.807, 2.05) is 36.0 Å². The van der Waals surface area contributed by atoms with Gasteiger partial charge < -0.3 is 9.26 Å². The average Bonchev–Trinajstić information content (AvgIpc) is 3.24. The molecule has 1 N–H and O–H groups in total. The Bertz CT molecular complexity index is 915. The number of anilines is 1. The predicted molar refractivity (Wildman–Crippen MR) is 90.7 cm³/mol. The van der Waals surface area contributed by atoms with Gasteiger partial charge in [0.25, 0.3) is 0 Å². The van der Waals surface area contributed by atoms with E-state index in [-0.39, 0.29) is 11.8 Å². The lowest BCUT2D eigenvalue weighted by Crippen LogP contribution is -2.23. The molecule has 25 heavy (non-hydrogen) atoms. The van der Waals surface area contributed by atoms with Crippen LogP contribution in [0.3, 0.4) is 0 Å². The second kappa shape index (κ2) is 6.08. The molecule has 0 fully saturated rings. The molecule has 1 aliphatic heterocycles. The van der Waals surface area contributed by atoms with Crippen LogP contribution in [-0.4, -0.2) is 28.0 Å². The van der Waals surface area contributed by atoms with Crippen molar-refractivity contribution >= 4 is 11.8 Å². The first-order chi connectivity index (χ1) is 12.2. The summed E-state index contributed by atoms with van der Waals surface area (Å²) < 4.78 is 12.6. The molecule has 1 aliphatic rings. The van der Waals surface area contributed by atoms with Crippen molar-refractivity contribution in [3.8, 4) is 5.75 Å². The maximum absolute atomic E-state index is 12.0. The molecular weight excluding hydrogens is 320 g/mol. The zero-order valence-electron chi connectivity index (χ0n) is 14.0. The topological polar surface area (TPSA) is 82.2 Å². The molecule has 0 aliphatic carbocycles. The van der Waals surface area contributed by atoms with Crippen LogP contribution in [0.15, 0.2) is 41.2 Å². The number of ether oxygens (including phenoxy) is 1. The van der Waals surface area contributed by atoms with Crippen molar-refractivity contribution in [2.24, 2.45) is 0 Å². The zero-order chi connectivity index (χ0) is 17.4. The molecular formula is C18H18N4O3. The fourth-order valence-corrected chi connectivity index (χ4v) is 3.33. The quantitative estimate of drug-likeness (QED) is 0.791. The number of nitrogens with zero attached hydrogens (tertiary/aromatic N) is 3. The van der Waals surface area contributed by atoms with Gasteiger partial charge in [0, 0.05) is 35.9 Å². The molecule has 0 bridgehead atoms. The Hall–Kier alpha value is -3.09. The largest absolute Gasteiger partial charge is 0.496 e. The van der Waals surface area contributed by atoms with Crippen molar-refractivity contribution in [1.29, 1.82) is 0 Å². The number of aryl methyl sites for hydroxylation is 1. The standard InChI is InChI=1S/C18H18N4O3/c1-11-17-14(9-16(23)20-18(17)25-21-11)12-4-5-15(24-2)13(8-12)10-22-7-3-6-19-22/h3-8,14H,9-10H2,1-2H3,(H,20,23)/t14-/m1/s1. The molecule has 1 amide bonds. The molecule has 0 spiro atoms. The molecule has 7 heteroatoms. The maximum atomic E-state index is 12.0. The minimum atomic E-state index is -0.0859. The van der Waals surface area contributed by atoms with Gasteiger partial charge in [0.15, 0.2) is 0 Å². The SMILES string of the molecule is COc1ccc([C@H]2CC(=O)Nc3onc(C)c32)cc1Cn1cccn1. The molecule has 1 aromatic carbocycles. The van der Waals surface area contributed by atoms with Crippen LogP contribution in [0.2, 0.25) is 0 Å². The van der Waals surface area contributed by atoms with E-state index >= 15 is 0 Å². The van der Waals surface area contributed by atoms with Gasteiger partial charge in [-0.3, -0.25) is 14.8 Å². The molecule has 1 atom stereocenters. The number of aromatic nitrogens is 3. The van der Waals surface area contributed by atoms with E-state index < -0.39 is 0 Å². The number of amides is 1. The number of methoxy groups -OCH3 is 1. The number of nitrogens with one attached hydrogen (secondary N) is 1. The van der Waals surface area contributed by atoms with Crippen LogP contribution < -0.4 is 10.1 Å². The highest BCUT2D eigenvalue weighted by molar-refractivity contribution is 5.93. The monoisotopic (exact) mass is 338 g/mol. The Morgan fingerprint density at radius 1 is 1.44 bits per heavy atom. The van der Waals surface area contributed by atoms with Crippen LogP contribution in [0.25, 0.3) is 0 Å². The molecule has 3 heterocycles. The van der Waals surface area contributed by atoms with E-state index in [9.17, 15) is 4.79 Å². The van der Waals surface area contributed by atoms with Crippen LogP contribution in [-0.2, 0) is 11.3 Å². The van der Waals surface area contributed by atoms with Gasteiger partial charge >= 0.3 is 0 Å². The van der Waals surface area contributed by atoms with Crippen molar-refractivity contribution in [2.75, 3.05) is 12.4 Å². The normalized spacial score (nSPS) is 16.4. The van der Waals surface area contributed by atoms with Gasteiger partial charge in [-0.2, -0.15) is 5.10 Å². The first-order valence-electron chi connectivity index (χ1n) is 8.06. The van der Waals surface area contributed by atoms with Crippen molar-refractivity contribution in [3.63, 3.8) is 0 Å². The fourth-order valence-electron chi connectivity index (χ4n) is 3.33. The maximum Gasteiger partial charge on any atom is 0.235 e. The number of carbonyl (C=O) groups is 1. The lowest BCUT2D eigenvalue weighted by molar-refractivity contribution is -0.116. The molecule has 7 nitrogen and oxygen atoms in total. The lowest BCUT2D eigenvalue weighted by Gasteiger charge is -2.23. The molecule has 0 unspecified atom stereocenters. The zero-order valence-corrected chi connectivity index (χ0v) is 14.0. The third-order valence-corrected chi connectivity index (χ3v) is 4.50. The number of carbonyl (C=O) groups excluding carboxylic acids is 1. The summed E-state index contributed by atoms with van der Waals surface area (Å²) in [5.74, 6) is 1.08. The predicted octanol–water partition coefficient (Wildman–Crippen LogP) is 2.71. The number of hydrogen-bond donors (Lipinski definition) is 1. The first-order valence-corrected chi connectivity index (χ1v) is 8.06. The van der Waals surface area contributed by atoms with Gasteiger partial charge in [-0.15, -0.1) is 0 Å². The third kappa shape index (κ3) is 2.77. The van der Waals surface area contributed by atoms with Crippen molar-refractivity contribution in [2.45, 2.75) is 25.8 Å². The highest BCUT2D eigenvalue weighted by Gasteiger charge is 2.32. The van der Waals surface area contributed by atoms with Crippen molar-refractivity contribution in [1.82, 2.24) is 14.9 Å². The molecule has 0 radical (unpaired) electrons. The summed E-state index contributed by atoms with van der Waals surface area (Å²) in [6.07, 6.45) is 4.01. The van der Waals surface area contributed by atoms with Crippen molar-refractivity contribution < 1.29 is 14.1 Å². The second-order valence-corrected chi connectivity index (χ2v) is 6.09. The van der Waals surface area contributed by atoms with Crippen LogP contribution in [0.1, 0.15) is 34.7 Å². The number of hydrogen-bond acceptors (Lipinski definition) is 5. The molecule has 0 saturated heterocycles. The highest BCUT2D eigenvalue weighted by atomic mass is 16.5. The van der Waals surface area contributed by atoms with E-state index in [1.165, 1.54) is 0 Å². The van der Waals surface area contributed by atoms with Crippen molar-refractivity contribution in [3.05, 3.63) is 59.0 Å². The smallest absolute Gasteiger partial charge is 0.235 e. The molecule has 3 aromatic rings. The van der Waals surface area contributed by atoms with Gasteiger partial charge in [0.05, 0.1) is 19.3 Å². The first kappa shape index (κ1) is 15.4. The van der Waals surface area contributed by atoms with E-state index in [4.69, 9.17) is 9.26 Å². The Kier molecular flexibility index (Phi) is 3.76. The number of rotatable bonds is 4. The second-order valence-electron chi connectivity index (χ2n) is 6.09. The van der Waals surface area contributed by atoms with Gasteiger partial charge in [0.2, 0.25) is 11.8 Å². The summed E-state index contributed by atoms with van der Waals surface area (Å²) >= 11 is 0. The van der Waals surface area contributed by atoms with E-state index in [0.717, 1.165) is 28.1 Å². The fraction of sp³-hybridized carbons (Fsp3) is 0.278. The summed E-state index contributed by atoms with van der Waals surface area (Å²) in [6, 6.07) is 7.88. The third-order valence-electron chi connectivity index (χ3n) is 4.50. The average molecular weight is 338 g/mol. The minimum Gasteiger partial charge on any atom is -0.496 e. The Morgan fingerprint density at radius 2 is 2.32 bits per heavy atom. The minimum absolute atomic E-state index is 0.0712. The van der Waals surface area contributed by atoms with Crippen LogP contribution in [0.4, 0.5) is 5.88 Å². The van der Waals surface area contributed by atoms with Gasteiger partial charge in [0.1, 0.15) is 5.75 Å². The lowest BCUT2D eigenvalue weighted by atomic mass is 9.85. The van der Waals surface area contributed by atoms with E-state index in [2.05, 4.69) is 21.6 Å². The number of benzene rings is 1. The molecule has 4 rings (SSSR count). The number of fused-ring (bicyclic) bond motifs is 1. The summed E-state index contributed by atoms with van der Waals surface area (Å²) in [4.78, 5) is 12.0. The molecule has 128 valence electrons. The van der Waals surface area contributed by atoms with Gasteiger partial charge in [-0.1, -0.05) is 11.2 Å². The van der Waals surface area contributed by atoms with Crippen LogP contribution in [0.5, 0.6) is 5.75 Å². The summed E-state index contributed by atoms with van der Waals surface area (Å²) in [5, 5.41) is 11.0. The Balaban J connectivity index is 1.76. The van der Waals surface area contributed by atoms with E-state index in [0.29, 0.717) is 18.8 Å². The Morgan fingerprint density at radius 3 is 3.08 bits per heavy atom. The highest BCUT2D eigenvalue weighted by Crippen LogP contribution is 2.40. The van der Waals surface area contributed by atoms with Gasteiger partial charge in [-0.25, -0.2) is 0 Å². The summed E-state index contributed by atoms with van der Waals surface area (Å²) in [5.41, 5.74) is 3.77. The van der Waals surface area contributed by atoms with Crippen LogP contribution in [0, 0.1) is 6.92 Å². The van der Waals surface area contributed by atoms with Gasteiger partial charge in [-0.05, 0) is 30.7 Å².